The van der Waals surface area contributed by atoms with E-state index >= 15 is 0 Å². The number of hydrogen-bond donors (Lipinski definition) is 2. The summed E-state index contributed by atoms with van der Waals surface area (Å²) in [6, 6.07) is 8.79. The first kappa shape index (κ1) is 20.6. The number of aliphatic carboxylic acids is 1. The number of nitrogens with zero attached hydrogens (tertiary/aromatic N) is 1. The number of hydrogen-bond acceptors (Lipinski definition) is 6. The number of nitrogens with one attached hydrogen (secondary N) is 1. The summed E-state index contributed by atoms with van der Waals surface area (Å²) in [4.78, 5) is 51.3. The molecule has 1 aliphatic heterocycles. The lowest BCUT2D eigenvalue weighted by molar-refractivity contribution is -0.199. The molecule has 2 rings (SSSR count). The summed E-state index contributed by atoms with van der Waals surface area (Å²) in [5.41, 5.74) is 0.981. The zero-order valence-electron chi connectivity index (χ0n) is 15.1. The molecule has 1 fully saturated rings. The van der Waals surface area contributed by atoms with E-state index in [9.17, 15) is 19.2 Å². The molecule has 0 bridgehead atoms. The van der Waals surface area contributed by atoms with E-state index in [1.54, 1.807) is 0 Å². The molecular formula is C19H24N2O6. The van der Waals surface area contributed by atoms with Gasteiger partial charge in [-0.25, -0.2) is 4.79 Å². The van der Waals surface area contributed by atoms with Crippen molar-refractivity contribution >= 4 is 23.8 Å². The van der Waals surface area contributed by atoms with Crippen LogP contribution in [0.4, 0.5) is 0 Å². The predicted octanol–water partition coefficient (Wildman–Crippen LogP) is 1.79. The largest absolute Gasteiger partial charge is 0.481 e. The Morgan fingerprint density at radius 1 is 1.07 bits per heavy atom. The molecule has 1 aromatic carbocycles. The molecule has 1 atom stereocenters. The molecule has 1 aliphatic rings. The first-order valence-corrected chi connectivity index (χ1v) is 9.04. The Bertz CT molecular complexity index is 660. The summed E-state index contributed by atoms with van der Waals surface area (Å²) >= 11 is 0. The lowest BCUT2D eigenvalue weighted by Crippen LogP contribution is -2.42. The molecule has 1 aromatic rings. The maximum atomic E-state index is 12.5. The van der Waals surface area contributed by atoms with Crippen molar-refractivity contribution in [2.45, 2.75) is 57.5 Å². The lowest BCUT2D eigenvalue weighted by atomic mass is 10.1. The highest BCUT2D eigenvalue weighted by atomic mass is 16.7. The highest BCUT2D eigenvalue weighted by molar-refractivity contribution is 6.01. The van der Waals surface area contributed by atoms with Crippen molar-refractivity contribution in [1.29, 1.82) is 0 Å². The SMILES string of the molecule is O=C(O)CCCCCC(NCc1ccccc1)C(=O)ON1C(=O)CCC1=O. The zero-order valence-corrected chi connectivity index (χ0v) is 15.1. The van der Waals surface area contributed by atoms with Crippen molar-refractivity contribution in [2.75, 3.05) is 0 Å². The molecule has 8 nitrogen and oxygen atoms in total. The van der Waals surface area contributed by atoms with Crippen molar-refractivity contribution in [1.82, 2.24) is 10.4 Å². The number of amides is 2. The topological polar surface area (TPSA) is 113 Å². The molecule has 2 N–H and O–H groups in total. The fourth-order valence-electron chi connectivity index (χ4n) is 2.75. The molecule has 0 radical (unpaired) electrons. The molecule has 1 heterocycles. The maximum Gasteiger partial charge on any atom is 0.349 e. The van der Waals surface area contributed by atoms with Crippen LogP contribution in [0, 0.1) is 0 Å². The molecule has 146 valence electrons. The van der Waals surface area contributed by atoms with Gasteiger partial charge in [-0.1, -0.05) is 43.2 Å². The predicted molar refractivity (Wildman–Crippen MR) is 95.0 cm³/mol. The Morgan fingerprint density at radius 3 is 2.37 bits per heavy atom. The van der Waals surface area contributed by atoms with Crippen LogP contribution in [0.15, 0.2) is 30.3 Å². The standard InChI is InChI=1S/C19H24N2O6/c22-16-11-12-17(23)21(16)27-19(26)15(9-5-2-6-10-18(24)25)20-13-14-7-3-1-4-8-14/h1,3-4,7-8,15,20H,2,5-6,9-13H2,(H,24,25). The third kappa shape index (κ3) is 6.82. The minimum atomic E-state index is -0.848. The highest BCUT2D eigenvalue weighted by Gasteiger charge is 2.34. The van der Waals surface area contributed by atoms with Crippen LogP contribution in [0.2, 0.25) is 0 Å². The van der Waals surface area contributed by atoms with Gasteiger partial charge in [-0.05, 0) is 18.4 Å². The summed E-state index contributed by atoms with van der Waals surface area (Å²) in [7, 11) is 0. The van der Waals surface area contributed by atoms with E-state index in [4.69, 9.17) is 9.94 Å². The van der Waals surface area contributed by atoms with Gasteiger partial charge in [-0.15, -0.1) is 5.06 Å². The average Bonchev–Trinajstić information content (AvgIpc) is 2.96. The van der Waals surface area contributed by atoms with Gasteiger partial charge in [-0.2, -0.15) is 0 Å². The smallest absolute Gasteiger partial charge is 0.349 e. The first-order valence-electron chi connectivity index (χ1n) is 9.04. The number of imide groups is 1. The third-order valence-electron chi connectivity index (χ3n) is 4.25. The molecular weight excluding hydrogens is 352 g/mol. The van der Waals surface area contributed by atoms with Gasteiger partial charge in [0, 0.05) is 25.8 Å². The third-order valence-corrected chi connectivity index (χ3v) is 4.25. The summed E-state index contributed by atoms with van der Waals surface area (Å²) in [6.45, 7) is 0.428. The quantitative estimate of drug-likeness (QED) is 0.447. The molecule has 8 heteroatoms. The van der Waals surface area contributed by atoms with Gasteiger partial charge in [0.2, 0.25) is 0 Å². The van der Waals surface area contributed by atoms with Crippen molar-refractivity contribution in [3.8, 4) is 0 Å². The van der Waals surface area contributed by atoms with E-state index in [0.717, 1.165) is 5.56 Å². The number of carboxylic acids is 1. The Labute approximate surface area is 157 Å². The maximum absolute atomic E-state index is 12.5. The van der Waals surface area contributed by atoms with Crippen LogP contribution in [0.1, 0.15) is 50.5 Å². The lowest BCUT2D eigenvalue weighted by Gasteiger charge is -2.20. The fraction of sp³-hybridized carbons (Fsp3) is 0.474. The first-order chi connectivity index (χ1) is 13.0. The van der Waals surface area contributed by atoms with E-state index in [1.165, 1.54) is 0 Å². The monoisotopic (exact) mass is 376 g/mol. The average molecular weight is 376 g/mol. The zero-order chi connectivity index (χ0) is 19.6. The van der Waals surface area contributed by atoms with Crippen LogP contribution in [0.5, 0.6) is 0 Å². The van der Waals surface area contributed by atoms with Crippen molar-refractivity contribution in [3.63, 3.8) is 0 Å². The second kappa shape index (κ2) is 10.4. The molecule has 27 heavy (non-hydrogen) atoms. The van der Waals surface area contributed by atoms with Crippen LogP contribution in [0.3, 0.4) is 0 Å². The molecule has 0 saturated carbocycles. The normalized spacial score (nSPS) is 15.0. The number of unbranched alkanes of at least 4 members (excludes halogenated alkanes) is 2. The van der Waals surface area contributed by atoms with E-state index in [1.807, 2.05) is 30.3 Å². The number of carboxylic acid groups (broad SMARTS) is 1. The number of rotatable bonds is 11. The fourth-order valence-corrected chi connectivity index (χ4v) is 2.75. The van der Waals surface area contributed by atoms with Gasteiger partial charge in [-0.3, -0.25) is 14.4 Å². The number of carbonyl (C=O) groups excluding carboxylic acids is 3. The summed E-state index contributed by atoms with van der Waals surface area (Å²) in [5.74, 6) is -2.57. The second-order valence-electron chi connectivity index (χ2n) is 6.40. The van der Waals surface area contributed by atoms with Crippen LogP contribution >= 0.6 is 0 Å². The van der Waals surface area contributed by atoms with Crippen LogP contribution in [0.25, 0.3) is 0 Å². The van der Waals surface area contributed by atoms with Crippen LogP contribution < -0.4 is 5.32 Å². The van der Waals surface area contributed by atoms with E-state index < -0.39 is 29.8 Å². The molecule has 2 amide bonds. The van der Waals surface area contributed by atoms with Gasteiger partial charge in [0.1, 0.15) is 6.04 Å². The second-order valence-corrected chi connectivity index (χ2v) is 6.40. The van der Waals surface area contributed by atoms with Crippen LogP contribution in [-0.4, -0.2) is 40.0 Å². The molecule has 0 spiro atoms. The Morgan fingerprint density at radius 2 is 1.74 bits per heavy atom. The van der Waals surface area contributed by atoms with E-state index in [2.05, 4.69) is 5.32 Å². The summed E-state index contributed by atoms with van der Waals surface area (Å²) in [6.07, 6.45) is 2.40. The molecule has 0 aromatic heterocycles. The number of benzene rings is 1. The van der Waals surface area contributed by atoms with Gasteiger partial charge in [0.05, 0.1) is 0 Å². The minimum Gasteiger partial charge on any atom is -0.481 e. The minimum absolute atomic E-state index is 0.0451. The molecule has 0 aliphatic carbocycles. The Hall–Kier alpha value is -2.74. The molecule has 1 saturated heterocycles. The van der Waals surface area contributed by atoms with E-state index in [0.29, 0.717) is 37.3 Å². The van der Waals surface area contributed by atoms with Crippen molar-refractivity contribution in [2.24, 2.45) is 0 Å². The van der Waals surface area contributed by atoms with Gasteiger partial charge >= 0.3 is 11.9 Å². The van der Waals surface area contributed by atoms with Crippen molar-refractivity contribution < 1.29 is 29.1 Å². The van der Waals surface area contributed by atoms with Gasteiger partial charge in [0.25, 0.3) is 11.8 Å². The summed E-state index contributed by atoms with van der Waals surface area (Å²) < 4.78 is 0. The summed E-state index contributed by atoms with van der Waals surface area (Å²) in [5, 5.41) is 12.3. The number of hydroxylamine groups is 2. The van der Waals surface area contributed by atoms with E-state index in [-0.39, 0.29) is 19.3 Å². The highest BCUT2D eigenvalue weighted by Crippen LogP contribution is 2.15. The molecule has 1 unspecified atom stereocenters. The van der Waals surface area contributed by atoms with Gasteiger partial charge in [0.15, 0.2) is 0 Å². The van der Waals surface area contributed by atoms with Crippen molar-refractivity contribution in [3.05, 3.63) is 35.9 Å². The van der Waals surface area contributed by atoms with Gasteiger partial charge < -0.3 is 15.3 Å². The Balaban J connectivity index is 1.90. The van der Waals surface area contributed by atoms with Crippen LogP contribution in [-0.2, 0) is 30.6 Å². The number of carbonyl (C=O) groups is 4. The Kier molecular flexibility index (Phi) is 7.94.